The molecule has 0 bridgehead atoms. The number of amides is 2. The number of para-hydroxylation sites is 1. The zero-order valence-electron chi connectivity index (χ0n) is 21.1. The van der Waals surface area contributed by atoms with Gasteiger partial charge in [-0.2, -0.15) is 5.10 Å². The second-order valence-corrected chi connectivity index (χ2v) is 9.71. The van der Waals surface area contributed by atoms with E-state index in [2.05, 4.69) is 17.0 Å². The molecule has 2 amide bonds. The summed E-state index contributed by atoms with van der Waals surface area (Å²) in [4.78, 5) is 33.4. The number of rotatable bonds is 4. The summed E-state index contributed by atoms with van der Waals surface area (Å²) in [6.45, 7) is 6.66. The number of anilines is 1. The van der Waals surface area contributed by atoms with Crippen molar-refractivity contribution in [3.8, 4) is 0 Å². The van der Waals surface area contributed by atoms with Crippen LogP contribution in [0, 0.1) is 0 Å². The molecule has 2 aliphatic heterocycles. The first-order valence-corrected chi connectivity index (χ1v) is 13.1. The maximum absolute atomic E-state index is 13.7. The number of carbonyl (C=O) groups excluding carboxylic acids is 2. The van der Waals surface area contributed by atoms with Crippen molar-refractivity contribution in [2.45, 2.75) is 26.4 Å². The number of nitrogens with zero attached hydrogens (tertiary/aromatic N) is 5. The average molecular weight is 494 g/mol. The molecule has 1 aromatic heterocycles. The standard InChI is InChI=1S/C30H31N5O2/c1-2-35-27-15-16-34(29(36)25-14-8-10-22-9-6-7-13-24(22)25)21-26(27)28(31-35)30(37)33-19-17-32(18-20-33)23-11-4-3-5-12-23/h3-14H,2,15-21H2,1H3. The van der Waals surface area contributed by atoms with Crippen molar-refractivity contribution in [2.75, 3.05) is 37.6 Å². The third kappa shape index (κ3) is 4.24. The molecule has 1 saturated heterocycles. The molecule has 37 heavy (non-hydrogen) atoms. The second-order valence-electron chi connectivity index (χ2n) is 9.71. The van der Waals surface area contributed by atoms with Gasteiger partial charge in [0.05, 0.1) is 6.54 Å². The summed E-state index contributed by atoms with van der Waals surface area (Å²) in [5.74, 6) is -0.0304. The molecular weight excluding hydrogens is 462 g/mol. The molecule has 0 atom stereocenters. The Bertz CT molecular complexity index is 1450. The number of aromatic nitrogens is 2. The van der Waals surface area contributed by atoms with Gasteiger partial charge in [0.1, 0.15) is 0 Å². The molecule has 7 nitrogen and oxygen atoms in total. The maximum Gasteiger partial charge on any atom is 0.274 e. The summed E-state index contributed by atoms with van der Waals surface area (Å²) in [6, 6.07) is 24.2. The molecule has 7 heteroatoms. The predicted molar refractivity (Wildman–Crippen MR) is 145 cm³/mol. The van der Waals surface area contributed by atoms with E-state index in [1.807, 2.05) is 82.1 Å². The summed E-state index contributed by atoms with van der Waals surface area (Å²) < 4.78 is 1.95. The van der Waals surface area contributed by atoms with Crippen LogP contribution in [0.5, 0.6) is 0 Å². The first kappa shape index (κ1) is 23.3. The smallest absolute Gasteiger partial charge is 0.274 e. The van der Waals surface area contributed by atoms with E-state index in [4.69, 9.17) is 5.10 Å². The van der Waals surface area contributed by atoms with Gasteiger partial charge in [0.25, 0.3) is 11.8 Å². The monoisotopic (exact) mass is 493 g/mol. The summed E-state index contributed by atoms with van der Waals surface area (Å²) in [5, 5.41) is 6.76. The quantitative estimate of drug-likeness (QED) is 0.427. The summed E-state index contributed by atoms with van der Waals surface area (Å²) in [6.07, 6.45) is 0.696. The van der Waals surface area contributed by atoms with Crippen molar-refractivity contribution in [1.29, 1.82) is 0 Å². The number of fused-ring (bicyclic) bond motifs is 2. The SMILES string of the molecule is CCn1nc(C(=O)N2CCN(c3ccccc3)CC2)c2c1CCN(C(=O)c1cccc3ccccc13)C2. The Morgan fingerprint density at radius 1 is 0.784 bits per heavy atom. The van der Waals surface area contributed by atoms with E-state index in [1.54, 1.807) is 0 Å². The predicted octanol–water partition coefficient (Wildman–Crippen LogP) is 4.22. The van der Waals surface area contributed by atoms with Crippen LogP contribution in [0.15, 0.2) is 72.8 Å². The third-order valence-electron chi connectivity index (χ3n) is 7.63. The molecule has 0 saturated carbocycles. The fourth-order valence-electron chi connectivity index (χ4n) is 5.64. The number of hydrogen-bond acceptors (Lipinski definition) is 4. The molecule has 0 unspecified atom stereocenters. The minimum absolute atomic E-state index is 0.00146. The Kier molecular flexibility index (Phi) is 6.12. The number of carbonyl (C=O) groups is 2. The minimum atomic E-state index is -0.0318. The van der Waals surface area contributed by atoms with Crippen molar-refractivity contribution in [2.24, 2.45) is 0 Å². The van der Waals surface area contributed by atoms with Crippen LogP contribution in [0.2, 0.25) is 0 Å². The van der Waals surface area contributed by atoms with Crippen molar-refractivity contribution in [3.63, 3.8) is 0 Å². The first-order valence-electron chi connectivity index (χ1n) is 13.1. The van der Waals surface area contributed by atoms with Crippen molar-refractivity contribution >= 4 is 28.3 Å². The largest absolute Gasteiger partial charge is 0.368 e. The molecule has 3 aromatic carbocycles. The van der Waals surface area contributed by atoms with Crippen molar-refractivity contribution in [3.05, 3.63) is 95.3 Å². The van der Waals surface area contributed by atoms with Crippen LogP contribution in [0.25, 0.3) is 10.8 Å². The maximum atomic E-state index is 13.7. The zero-order valence-corrected chi connectivity index (χ0v) is 21.1. The minimum Gasteiger partial charge on any atom is -0.368 e. The van der Waals surface area contributed by atoms with Gasteiger partial charge in [-0.15, -0.1) is 0 Å². The molecule has 0 aliphatic carbocycles. The number of benzene rings is 3. The van der Waals surface area contributed by atoms with E-state index in [9.17, 15) is 9.59 Å². The molecular formula is C30H31N5O2. The van der Waals surface area contributed by atoms with Crippen LogP contribution < -0.4 is 4.90 Å². The lowest BCUT2D eigenvalue weighted by atomic mass is 10.0. The first-order chi connectivity index (χ1) is 18.1. The van der Waals surface area contributed by atoms with Gasteiger partial charge < -0.3 is 14.7 Å². The van der Waals surface area contributed by atoms with Gasteiger partial charge in [-0.3, -0.25) is 14.3 Å². The van der Waals surface area contributed by atoms with Crippen LogP contribution in [-0.4, -0.2) is 64.1 Å². The van der Waals surface area contributed by atoms with Crippen molar-refractivity contribution < 1.29 is 9.59 Å². The molecule has 0 radical (unpaired) electrons. The fraction of sp³-hybridized carbons (Fsp3) is 0.300. The molecule has 0 spiro atoms. The van der Waals surface area contributed by atoms with Crippen LogP contribution in [0.3, 0.4) is 0 Å². The highest BCUT2D eigenvalue weighted by Gasteiger charge is 2.33. The molecule has 1 fully saturated rings. The number of hydrogen-bond donors (Lipinski definition) is 0. The van der Waals surface area contributed by atoms with E-state index in [0.717, 1.165) is 35.1 Å². The van der Waals surface area contributed by atoms with E-state index in [-0.39, 0.29) is 11.8 Å². The van der Waals surface area contributed by atoms with Gasteiger partial charge in [-0.25, -0.2) is 0 Å². The normalized spacial score (nSPS) is 15.6. The zero-order chi connectivity index (χ0) is 25.4. The van der Waals surface area contributed by atoms with E-state index in [0.29, 0.717) is 50.4 Å². The molecule has 6 rings (SSSR count). The fourth-order valence-corrected chi connectivity index (χ4v) is 5.64. The lowest BCUT2D eigenvalue weighted by Crippen LogP contribution is -2.49. The van der Waals surface area contributed by atoms with E-state index >= 15 is 0 Å². The Hall–Kier alpha value is -4.13. The number of piperazine rings is 1. The Morgan fingerprint density at radius 2 is 1.51 bits per heavy atom. The van der Waals surface area contributed by atoms with Gasteiger partial charge in [0, 0.05) is 68.2 Å². The van der Waals surface area contributed by atoms with Gasteiger partial charge in [-0.1, -0.05) is 54.6 Å². The summed E-state index contributed by atoms with van der Waals surface area (Å²) >= 11 is 0. The highest BCUT2D eigenvalue weighted by atomic mass is 16.2. The van der Waals surface area contributed by atoms with Crippen LogP contribution in [0.1, 0.15) is 39.0 Å². The Balaban J connectivity index is 1.23. The van der Waals surface area contributed by atoms with Gasteiger partial charge >= 0.3 is 0 Å². The Labute approximate surface area is 216 Å². The van der Waals surface area contributed by atoms with Crippen LogP contribution in [0.4, 0.5) is 5.69 Å². The van der Waals surface area contributed by atoms with Crippen LogP contribution in [-0.2, 0) is 19.5 Å². The van der Waals surface area contributed by atoms with Crippen molar-refractivity contribution in [1.82, 2.24) is 19.6 Å². The van der Waals surface area contributed by atoms with Gasteiger partial charge in [0.2, 0.25) is 0 Å². The van der Waals surface area contributed by atoms with Gasteiger partial charge in [0.15, 0.2) is 5.69 Å². The molecule has 188 valence electrons. The topological polar surface area (TPSA) is 61.7 Å². The number of aryl methyl sites for hydroxylation is 1. The van der Waals surface area contributed by atoms with Crippen LogP contribution >= 0.6 is 0 Å². The van der Waals surface area contributed by atoms with E-state index < -0.39 is 0 Å². The lowest BCUT2D eigenvalue weighted by Gasteiger charge is -2.36. The van der Waals surface area contributed by atoms with E-state index in [1.165, 1.54) is 5.69 Å². The lowest BCUT2D eigenvalue weighted by molar-refractivity contribution is 0.0710. The molecule has 2 aliphatic rings. The second kappa shape index (κ2) is 9.73. The van der Waals surface area contributed by atoms with Gasteiger partial charge in [-0.05, 0) is 35.9 Å². The molecule has 0 N–H and O–H groups in total. The summed E-state index contributed by atoms with van der Waals surface area (Å²) in [7, 11) is 0. The highest BCUT2D eigenvalue weighted by molar-refractivity contribution is 6.07. The molecule has 3 heterocycles. The Morgan fingerprint density at radius 3 is 2.30 bits per heavy atom. The third-order valence-corrected chi connectivity index (χ3v) is 7.63. The summed E-state index contributed by atoms with van der Waals surface area (Å²) in [5.41, 5.74) is 4.37. The highest BCUT2D eigenvalue weighted by Crippen LogP contribution is 2.28. The molecule has 4 aromatic rings. The average Bonchev–Trinajstić information content (AvgIpc) is 3.34.